The van der Waals surface area contributed by atoms with E-state index in [0.29, 0.717) is 27.9 Å². The standard InChI is InChI=1S/C23H18FN3O2/c1-3-11-26-23(29)17(14-25)13-19-15(2)21(27-12-5-4-6-20(19)27)22(28)16-7-9-18(24)10-8-16/h3-10,12-13H,1,11H2,2H3,(H,26,29)/b17-13+. The van der Waals surface area contributed by atoms with Crippen LogP contribution in [0, 0.1) is 24.1 Å². The number of nitrogens with zero attached hydrogens (tertiary/aromatic N) is 2. The number of rotatable bonds is 6. The lowest BCUT2D eigenvalue weighted by Crippen LogP contribution is -2.24. The van der Waals surface area contributed by atoms with Crippen molar-refractivity contribution in [2.75, 3.05) is 6.54 Å². The molecule has 0 saturated carbocycles. The van der Waals surface area contributed by atoms with E-state index in [4.69, 9.17) is 0 Å². The normalized spacial score (nSPS) is 11.1. The highest BCUT2D eigenvalue weighted by molar-refractivity contribution is 6.11. The van der Waals surface area contributed by atoms with Crippen molar-refractivity contribution >= 4 is 23.3 Å². The molecule has 3 rings (SSSR count). The Morgan fingerprint density at radius 1 is 1.24 bits per heavy atom. The maximum absolute atomic E-state index is 13.2. The van der Waals surface area contributed by atoms with E-state index in [1.807, 2.05) is 12.1 Å². The van der Waals surface area contributed by atoms with E-state index in [-0.39, 0.29) is 17.9 Å². The number of fused-ring (bicyclic) bond motifs is 1. The molecule has 0 bridgehead atoms. The summed E-state index contributed by atoms with van der Waals surface area (Å²) in [5, 5.41) is 12.0. The molecular weight excluding hydrogens is 369 g/mol. The Balaban J connectivity index is 2.16. The van der Waals surface area contributed by atoms with Crippen molar-refractivity contribution in [1.29, 1.82) is 5.26 Å². The third kappa shape index (κ3) is 3.85. The smallest absolute Gasteiger partial charge is 0.262 e. The number of amides is 1. The Kier molecular flexibility index (Phi) is 5.70. The van der Waals surface area contributed by atoms with E-state index in [9.17, 15) is 19.2 Å². The van der Waals surface area contributed by atoms with Gasteiger partial charge in [0.2, 0.25) is 5.78 Å². The predicted octanol–water partition coefficient (Wildman–Crippen LogP) is 3.83. The fourth-order valence-corrected chi connectivity index (χ4v) is 3.11. The highest BCUT2D eigenvalue weighted by atomic mass is 19.1. The van der Waals surface area contributed by atoms with Crippen molar-refractivity contribution in [2.45, 2.75) is 6.92 Å². The molecule has 0 unspecified atom stereocenters. The van der Waals surface area contributed by atoms with Crippen LogP contribution in [0.1, 0.15) is 27.2 Å². The molecule has 0 aliphatic rings. The lowest BCUT2D eigenvalue weighted by atomic mass is 10.0. The SMILES string of the molecule is C=CCNC(=O)/C(C#N)=C/c1c(C)c(C(=O)c2ccc(F)cc2)n2ccccc12. The van der Waals surface area contributed by atoms with E-state index < -0.39 is 11.7 Å². The van der Waals surface area contributed by atoms with Gasteiger partial charge in [-0.1, -0.05) is 12.1 Å². The number of nitriles is 1. The molecule has 29 heavy (non-hydrogen) atoms. The zero-order valence-electron chi connectivity index (χ0n) is 15.8. The van der Waals surface area contributed by atoms with Crippen LogP contribution in [0.25, 0.3) is 11.6 Å². The molecule has 0 aliphatic carbocycles. The first-order valence-corrected chi connectivity index (χ1v) is 8.88. The quantitative estimate of drug-likeness (QED) is 0.302. The second-order valence-corrected chi connectivity index (χ2v) is 6.35. The first kappa shape index (κ1) is 19.8. The minimum Gasteiger partial charge on any atom is -0.348 e. The third-order valence-corrected chi connectivity index (χ3v) is 4.52. The number of halogens is 1. The third-order valence-electron chi connectivity index (χ3n) is 4.52. The number of benzene rings is 1. The number of hydrogen-bond donors (Lipinski definition) is 1. The van der Waals surface area contributed by atoms with Crippen LogP contribution in [0.3, 0.4) is 0 Å². The van der Waals surface area contributed by atoms with Crippen LogP contribution in [0.5, 0.6) is 0 Å². The Labute approximate surface area is 167 Å². The van der Waals surface area contributed by atoms with E-state index in [1.165, 1.54) is 36.4 Å². The molecular formula is C23H18FN3O2. The summed E-state index contributed by atoms with van der Waals surface area (Å²) in [6.45, 7) is 5.53. The highest BCUT2D eigenvalue weighted by Gasteiger charge is 2.21. The topological polar surface area (TPSA) is 74.4 Å². The van der Waals surface area contributed by atoms with Crippen LogP contribution in [0.4, 0.5) is 4.39 Å². The van der Waals surface area contributed by atoms with Gasteiger partial charge in [-0.2, -0.15) is 5.26 Å². The van der Waals surface area contributed by atoms with Gasteiger partial charge in [0.25, 0.3) is 5.91 Å². The van der Waals surface area contributed by atoms with E-state index in [0.717, 1.165) is 0 Å². The minimum atomic E-state index is -0.520. The molecule has 6 heteroatoms. The first-order valence-electron chi connectivity index (χ1n) is 8.88. The van der Waals surface area contributed by atoms with Crippen LogP contribution < -0.4 is 5.32 Å². The van der Waals surface area contributed by atoms with Crippen molar-refractivity contribution in [3.8, 4) is 6.07 Å². The van der Waals surface area contributed by atoms with Crippen molar-refractivity contribution in [1.82, 2.24) is 9.72 Å². The Hall–Kier alpha value is -3.98. The zero-order valence-corrected chi connectivity index (χ0v) is 15.8. The van der Waals surface area contributed by atoms with E-state index >= 15 is 0 Å². The van der Waals surface area contributed by atoms with Crippen LogP contribution in [0.15, 0.2) is 66.9 Å². The van der Waals surface area contributed by atoms with Crippen molar-refractivity contribution in [3.63, 3.8) is 0 Å². The van der Waals surface area contributed by atoms with E-state index in [2.05, 4.69) is 11.9 Å². The highest BCUT2D eigenvalue weighted by Crippen LogP contribution is 2.27. The second-order valence-electron chi connectivity index (χ2n) is 6.35. The fourth-order valence-electron chi connectivity index (χ4n) is 3.11. The molecule has 1 amide bonds. The predicted molar refractivity (Wildman–Crippen MR) is 109 cm³/mol. The van der Waals surface area contributed by atoms with Crippen molar-refractivity contribution in [3.05, 3.63) is 95.1 Å². The summed E-state index contributed by atoms with van der Waals surface area (Å²) in [6, 6.07) is 12.6. The molecule has 5 nitrogen and oxygen atoms in total. The summed E-state index contributed by atoms with van der Waals surface area (Å²) in [5.74, 6) is -1.22. The Bertz CT molecular complexity index is 1180. The number of carbonyl (C=O) groups excluding carboxylic acids is 2. The maximum Gasteiger partial charge on any atom is 0.262 e. The summed E-state index contributed by atoms with van der Waals surface area (Å²) in [7, 11) is 0. The van der Waals surface area contributed by atoms with Gasteiger partial charge in [-0.05, 0) is 55.0 Å². The molecule has 3 aromatic rings. The van der Waals surface area contributed by atoms with Crippen LogP contribution in [-0.2, 0) is 4.79 Å². The number of carbonyl (C=O) groups is 2. The van der Waals surface area contributed by atoms with Gasteiger partial charge in [-0.25, -0.2) is 4.39 Å². The van der Waals surface area contributed by atoms with Gasteiger partial charge in [0.15, 0.2) is 0 Å². The van der Waals surface area contributed by atoms with Gasteiger partial charge < -0.3 is 9.72 Å². The van der Waals surface area contributed by atoms with Crippen molar-refractivity contribution in [2.24, 2.45) is 0 Å². The minimum absolute atomic E-state index is 0.0768. The number of ketones is 1. The number of nitrogens with one attached hydrogen (secondary N) is 1. The summed E-state index contributed by atoms with van der Waals surface area (Å²) >= 11 is 0. The van der Waals surface area contributed by atoms with Crippen molar-refractivity contribution < 1.29 is 14.0 Å². The molecule has 2 aromatic heterocycles. The second kappa shape index (κ2) is 8.36. The van der Waals surface area contributed by atoms with Crippen LogP contribution in [-0.4, -0.2) is 22.6 Å². The van der Waals surface area contributed by atoms with Gasteiger partial charge in [0.05, 0.1) is 11.2 Å². The average molecular weight is 387 g/mol. The number of aromatic nitrogens is 1. The van der Waals surface area contributed by atoms with Gasteiger partial charge in [0, 0.05) is 23.9 Å². The monoisotopic (exact) mass is 387 g/mol. The molecule has 0 aliphatic heterocycles. The summed E-state index contributed by atoms with van der Waals surface area (Å²) in [6.07, 6.45) is 4.73. The molecule has 0 fully saturated rings. The lowest BCUT2D eigenvalue weighted by Gasteiger charge is -2.04. The first-order chi connectivity index (χ1) is 14.0. The van der Waals surface area contributed by atoms with E-state index in [1.54, 1.807) is 29.7 Å². The molecule has 0 radical (unpaired) electrons. The Morgan fingerprint density at radius 2 is 1.97 bits per heavy atom. The maximum atomic E-state index is 13.2. The van der Waals surface area contributed by atoms with Gasteiger partial charge in [-0.15, -0.1) is 6.58 Å². The summed E-state index contributed by atoms with van der Waals surface area (Å²) in [5.41, 5.74) is 2.56. The fraction of sp³-hybridized carbons (Fsp3) is 0.0870. The summed E-state index contributed by atoms with van der Waals surface area (Å²) in [4.78, 5) is 25.3. The molecule has 0 atom stereocenters. The molecule has 1 aromatic carbocycles. The molecule has 2 heterocycles. The lowest BCUT2D eigenvalue weighted by molar-refractivity contribution is -0.116. The zero-order chi connectivity index (χ0) is 21.0. The Morgan fingerprint density at radius 3 is 2.62 bits per heavy atom. The largest absolute Gasteiger partial charge is 0.348 e. The summed E-state index contributed by atoms with van der Waals surface area (Å²) < 4.78 is 14.9. The molecule has 0 spiro atoms. The van der Waals surface area contributed by atoms with Crippen LogP contribution in [0.2, 0.25) is 0 Å². The average Bonchev–Trinajstić information content (AvgIpc) is 3.01. The molecule has 0 saturated heterocycles. The van der Waals surface area contributed by atoms with Gasteiger partial charge in [-0.3, -0.25) is 9.59 Å². The number of hydrogen-bond acceptors (Lipinski definition) is 3. The van der Waals surface area contributed by atoms with Gasteiger partial charge >= 0.3 is 0 Å². The van der Waals surface area contributed by atoms with Crippen LogP contribution >= 0.6 is 0 Å². The molecule has 144 valence electrons. The number of pyridine rings is 1. The molecule has 1 N–H and O–H groups in total. The van der Waals surface area contributed by atoms with Gasteiger partial charge in [0.1, 0.15) is 17.5 Å².